The second-order valence-corrected chi connectivity index (χ2v) is 7.75. The molecule has 4 nitrogen and oxygen atoms in total. The van der Waals surface area contributed by atoms with Crippen LogP contribution in [0.3, 0.4) is 0 Å². The maximum Gasteiger partial charge on any atom is 0.240 e. The summed E-state index contributed by atoms with van der Waals surface area (Å²) in [7, 11) is 0. The van der Waals surface area contributed by atoms with Crippen LogP contribution in [0.1, 0.15) is 45.1 Å². The molecule has 0 saturated carbocycles. The Bertz CT molecular complexity index is 573. The number of hydrogen-bond donors (Lipinski definition) is 2. The van der Waals surface area contributed by atoms with Crippen LogP contribution in [-0.4, -0.2) is 35.5 Å². The second kappa shape index (κ2) is 9.98. The van der Waals surface area contributed by atoms with Crippen LogP contribution in [0.5, 0.6) is 0 Å². The number of carbonyl (C=O) groups excluding carboxylic acids is 1. The minimum absolute atomic E-state index is 0. The number of hydrogen-bond acceptors (Lipinski definition) is 3. The molecule has 1 atom stereocenters. The molecule has 7 heteroatoms. The van der Waals surface area contributed by atoms with Gasteiger partial charge in [-0.1, -0.05) is 42.6 Å². The zero-order chi connectivity index (χ0) is 17.7. The maximum atomic E-state index is 12.3. The molecule has 1 amide bonds. The first kappa shape index (κ1) is 22.5. The SMILES string of the molecule is CCCC(C)(N)C(=O)NC1CCN(Cc2ccc(Cl)c(Cl)c2)CC1.Cl. The second-order valence-electron chi connectivity index (χ2n) is 6.94. The molecule has 1 aliphatic heterocycles. The Morgan fingerprint density at radius 1 is 1.32 bits per heavy atom. The molecule has 1 unspecified atom stereocenters. The van der Waals surface area contributed by atoms with Gasteiger partial charge in [-0.2, -0.15) is 0 Å². The lowest BCUT2D eigenvalue weighted by Gasteiger charge is -2.34. The Kier molecular flexibility index (Phi) is 8.99. The van der Waals surface area contributed by atoms with Gasteiger partial charge in [-0.3, -0.25) is 9.69 Å². The summed E-state index contributed by atoms with van der Waals surface area (Å²) in [5, 5.41) is 4.29. The fraction of sp³-hybridized carbons (Fsp3) is 0.611. The summed E-state index contributed by atoms with van der Waals surface area (Å²) in [4.78, 5) is 14.7. The summed E-state index contributed by atoms with van der Waals surface area (Å²) in [6, 6.07) is 5.97. The van der Waals surface area contributed by atoms with Crippen LogP contribution in [0.4, 0.5) is 0 Å². The lowest BCUT2D eigenvalue weighted by atomic mass is 9.95. The summed E-state index contributed by atoms with van der Waals surface area (Å²) in [6.45, 7) is 6.59. The monoisotopic (exact) mass is 407 g/mol. The van der Waals surface area contributed by atoms with Gasteiger partial charge in [0.05, 0.1) is 15.6 Å². The van der Waals surface area contributed by atoms with Crippen LogP contribution in [0.15, 0.2) is 18.2 Å². The third-order valence-electron chi connectivity index (χ3n) is 4.60. The van der Waals surface area contributed by atoms with E-state index in [-0.39, 0.29) is 24.4 Å². The number of benzene rings is 1. The minimum atomic E-state index is -0.772. The first-order valence-corrected chi connectivity index (χ1v) is 9.33. The van der Waals surface area contributed by atoms with Gasteiger partial charge in [0, 0.05) is 25.7 Å². The summed E-state index contributed by atoms with van der Waals surface area (Å²) in [5.41, 5.74) is 6.48. The van der Waals surface area contributed by atoms with Crippen molar-refractivity contribution in [3.63, 3.8) is 0 Å². The van der Waals surface area contributed by atoms with Crippen molar-refractivity contribution in [3.05, 3.63) is 33.8 Å². The van der Waals surface area contributed by atoms with Gasteiger partial charge in [0.2, 0.25) is 5.91 Å². The highest BCUT2D eigenvalue weighted by Gasteiger charge is 2.30. The van der Waals surface area contributed by atoms with E-state index in [4.69, 9.17) is 28.9 Å². The quantitative estimate of drug-likeness (QED) is 0.747. The highest BCUT2D eigenvalue weighted by Crippen LogP contribution is 2.24. The van der Waals surface area contributed by atoms with Crippen LogP contribution in [0.25, 0.3) is 0 Å². The Morgan fingerprint density at radius 2 is 1.96 bits per heavy atom. The Hall–Kier alpha value is -0.520. The standard InChI is InChI=1S/C18H27Cl2N3O.ClH/c1-3-8-18(2,21)17(24)22-14-6-9-23(10-7-14)12-13-4-5-15(19)16(20)11-13;/h4-5,11,14H,3,6-10,12,21H2,1-2H3,(H,22,24);1H. The summed E-state index contributed by atoms with van der Waals surface area (Å²) < 4.78 is 0. The molecule has 1 aliphatic rings. The smallest absolute Gasteiger partial charge is 0.240 e. The van der Waals surface area contributed by atoms with E-state index in [0.29, 0.717) is 16.5 Å². The van der Waals surface area contributed by atoms with E-state index in [9.17, 15) is 4.79 Å². The first-order valence-electron chi connectivity index (χ1n) is 8.58. The van der Waals surface area contributed by atoms with Crippen LogP contribution < -0.4 is 11.1 Å². The number of halogens is 3. The molecule has 1 fully saturated rings. The van der Waals surface area contributed by atoms with Crippen molar-refractivity contribution in [2.24, 2.45) is 5.73 Å². The fourth-order valence-corrected chi connectivity index (χ4v) is 3.44. The van der Waals surface area contributed by atoms with Crippen LogP contribution >= 0.6 is 35.6 Å². The molecule has 2 rings (SSSR count). The summed E-state index contributed by atoms with van der Waals surface area (Å²) >= 11 is 12.0. The molecular formula is C18H28Cl3N3O. The van der Waals surface area contributed by atoms with Crippen molar-refractivity contribution in [2.45, 2.75) is 57.7 Å². The fourth-order valence-electron chi connectivity index (χ4n) is 3.11. The number of nitrogens with one attached hydrogen (secondary N) is 1. The third kappa shape index (κ3) is 6.61. The molecule has 25 heavy (non-hydrogen) atoms. The molecule has 0 aliphatic carbocycles. The summed E-state index contributed by atoms with van der Waals surface area (Å²) in [5.74, 6) is -0.0349. The number of likely N-dealkylation sites (tertiary alicyclic amines) is 1. The van der Waals surface area contributed by atoms with Gasteiger partial charge in [0.15, 0.2) is 0 Å². The molecule has 0 bridgehead atoms. The zero-order valence-electron chi connectivity index (χ0n) is 14.9. The Labute approximate surface area is 166 Å². The van der Waals surface area contributed by atoms with Gasteiger partial charge in [-0.15, -0.1) is 12.4 Å². The Balaban J connectivity index is 0.00000312. The van der Waals surface area contributed by atoms with Crippen molar-refractivity contribution in [1.82, 2.24) is 10.2 Å². The molecule has 3 N–H and O–H groups in total. The predicted octanol–water partition coefficient (Wildman–Crippen LogP) is 4.01. The Morgan fingerprint density at radius 3 is 2.52 bits per heavy atom. The molecule has 1 saturated heterocycles. The van der Waals surface area contributed by atoms with Crippen LogP contribution in [0, 0.1) is 0 Å². The van der Waals surface area contributed by atoms with E-state index < -0.39 is 5.54 Å². The van der Waals surface area contributed by atoms with Gasteiger partial charge in [0.25, 0.3) is 0 Å². The number of piperidine rings is 1. The minimum Gasteiger partial charge on any atom is -0.352 e. The number of carbonyl (C=O) groups is 1. The van der Waals surface area contributed by atoms with Gasteiger partial charge < -0.3 is 11.1 Å². The van der Waals surface area contributed by atoms with Gasteiger partial charge in [-0.25, -0.2) is 0 Å². The van der Waals surface area contributed by atoms with Crippen LogP contribution in [-0.2, 0) is 11.3 Å². The third-order valence-corrected chi connectivity index (χ3v) is 5.34. The average molecular weight is 409 g/mol. The van der Waals surface area contributed by atoms with Crippen molar-refractivity contribution >= 4 is 41.5 Å². The molecule has 1 heterocycles. The lowest BCUT2D eigenvalue weighted by molar-refractivity contribution is -0.127. The van der Waals surface area contributed by atoms with Crippen LogP contribution in [0.2, 0.25) is 10.0 Å². The van der Waals surface area contributed by atoms with Crippen molar-refractivity contribution in [1.29, 1.82) is 0 Å². The number of nitrogens with two attached hydrogens (primary N) is 1. The molecular weight excluding hydrogens is 381 g/mol. The average Bonchev–Trinajstić information content (AvgIpc) is 2.53. The number of nitrogens with zero attached hydrogens (tertiary/aromatic N) is 1. The van der Waals surface area contributed by atoms with Gasteiger partial charge >= 0.3 is 0 Å². The van der Waals surface area contributed by atoms with Crippen molar-refractivity contribution < 1.29 is 4.79 Å². The molecule has 142 valence electrons. The van der Waals surface area contributed by atoms with E-state index in [1.54, 1.807) is 0 Å². The van der Waals surface area contributed by atoms with E-state index >= 15 is 0 Å². The van der Waals surface area contributed by atoms with E-state index in [1.807, 2.05) is 32.0 Å². The van der Waals surface area contributed by atoms with E-state index in [2.05, 4.69) is 10.2 Å². The maximum absolute atomic E-state index is 12.3. The normalized spacial score (nSPS) is 18.3. The highest BCUT2D eigenvalue weighted by molar-refractivity contribution is 6.42. The van der Waals surface area contributed by atoms with Gasteiger partial charge in [-0.05, 0) is 43.9 Å². The summed E-state index contributed by atoms with van der Waals surface area (Å²) in [6.07, 6.45) is 3.49. The van der Waals surface area contributed by atoms with Crippen molar-refractivity contribution in [3.8, 4) is 0 Å². The molecule has 1 aromatic rings. The topological polar surface area (TPSA) is 58.4 Å². The predicted molar refractivity (Wildman–Crippen MR) is 108 cm³/mol. The number of rotatable bonds is 6. The number of amides is 1. The first-order chi connectivity index (χ1) is 11.3. The molecule has 1 aromatic carbocycles. The molecule has 0 aromatic heterocycles. The molecule has 0 radical (unpaired) electrons. The lowest BCUT2D eigenvalue weighted by Crippen LogP contribution is -2.55. The largest absolute Gasteiger partial charge is 0.352 e. The van der Waals surface area contributed by atoms with Gasteiger partial charge in [0.1, 0.15) is 0 Å². The zero-order valence-corrected chi connectivity index (χ0v) is 17.2. The molecule has 0 spiro atoms. The van der Waals surface area contributed by atoms with E-state index in [0.717, 1.165) is 44.5 Å². The van der Waals surface area contributed by atoms with E-state index in [1.165, 1.54) is 0 Å². The van der Waals surface area contributed by atoms with Crippen molar-refractivity contribution in [2.75, 3.05) is 13.1 Å². The highest BCUT2D eigenvalue weighted by atomic mass is 35.5.